The molecule has 1 heterocycles. The van der Waals surface area contributed by atoms with Crippen LogP contribution in [-0.4, -0.2) is 6.54 Å². The topological polar surface area (TPSA) is 38.0 Å². The summed E-state index contributed by atoms with van der Waals surface area (Å²) in [4.78, 5) is 0. The maximum Gasteiger partial charge on any atom is 0.123 e. The highest BCUT2D eigenvalue weighted by molar-refractivity contribution is 5.32. The Labute approximate surface area is 70.6 Å². The number of hydrogen-bond acceptors (Lipinski definition) is 2. The maximum absolute atomic E-state index is 12.8. The zero-order valence-electron chi connectivity index (χ0n) is 6.68. The summed E-state index contributed by atoms with van der Waals surface area (Å²) in [6.07, 6.45) is 0. The monoisotopic (exact) mass is 166 g/mol. The maximum atomic E-state index is 12.8. The molecule has 3 N–H and O–H groups in total. The first kappa shape index (κ1) is 7.71. The highest BCUT2D eigenvalue weighted by Gasteiger charge is 2.15. The zero-order valence-corrected chi connectivity index (χ0v) is 6.68. The van der Waals surface area contributed by atoms with Gasteiger partial charge < -0.3 is 11.1 Å². The molecule has 0 aliphatic carbocycles. The van der Waals surface area contributed by atoms with Crippen molar-refractivity contribution in [1.82, 2.24) is 5.32 Å². The molecule has 1 unspecified atom stereocenters. The van der Waals surface area contributed by atoms with Crippen LogP contribution >= 0.6 is 0 Å². The van der Waals surface area contributed by atoms with Gasteiger partial charge in [-0.2, -0.15) is 0 Å². The Morgan fingerprint density at radius 1 is 1.50 bits per heavy atom. The van der Waals surface area contributed by atoms with E-state index in [2.05, 4.69) is 5.32 Å². The lowest BCUT2D eigenvalue weighted by atomic mass is 9.97. The fourth-order valence-electron chi connectivity index (χ4n) is 1.56. The van der Waals surface area contributed by atoms with E-state index in [-0.39, 0.29) is 11.9 Å². The van der Waals surface area contributed by atoms with Crippen LogP contribution in [0.15, 0.2) is 18.2 Å². The fourth-order valence-corrected chi connectivity index (χ4v) is 1.56. The van der Waals surface area contributed by atoms with Crippen LogP contribution in [0.2, 0.25) is 0 Å². The van der Waals surface area contributed by atoms with Crippen LogP contribution in [0.5, 0.6) is 0 Å². The molecule has 0 spiro atoms. The predicted molar refractivity (Wildman–Crippen MR) is 45.0 cm³/mol. The summed E-state index contributed by atoms with van der Waals surface area (Å²) in [6, 6.07) is 4.79. The normalized spacial score (nSPS) is 22.0. The minimum Gasteiger partial charge on any atom is -0.323 e. The van der Waals surface area contributed by atoms with Gasteiger partial charge in [-0.15, -0.1) is 0 Å². The minimum atomic E-state index is -0.190. The van der Waals surface area contributed by atoms with E-state index in [0.717, 1.165) is 24.2 Å². The van der Waals surface area contributed by atoms with Gasteiger partial charge in [0.25, 0.3) is 0 Å². The van der Waals surface area contributed by atoms with Crippen LogP contribution in [-0.2, 0) is 6.54 Å². The van der Waals surface area contributed by atoms with E-state index >= 15 is 0 Å². The van der Waals surface area contributed by atoms with Gasteiger partial charge in [0.2, 0.25) is 0 Å². The van der Waals surface area contributed by atoms with E-state index in [1.54, 1.807) is 12.1 Å². The number of benzene rings is 1. The van der Waals surface area contributed by atoms with E-state index in [1.807, 2.05) is 0 Å². The lowest BCUT2D eigenvalue weighted by Crippen LogP contribution is -2.32. The SMILES string of the molecule is NC1CNCc2cc(F)ccc21. The van der Waals surface area contributed by atoms with Crippen molar-refractivity contribution in [3.05, 3.63) is 35.1 Å². The second-order valence-electron chi connectivity index (χ2n) is 3.08. The van der Waals surface area contributed by atoms with Gasteiger partial charge in [-0.3, -0.25) is 0 Å². The number of nitrogens with two attached hydrogens (primary N) is 1. The Morgan fingerprint density at radius 2 is 2.33 bits per heavy atom. The molecule has 0 fully saturated rings. The molecular weight excluding hydrogens is 155 g/mol. The van der Waals surface area contributed by atoms with Crippen molar-refractivity contribution in [2.24, 2.45) is 5.73 Å². The van der Waals surface area contributed by atoms with Crippen molar-refractivity contribution in [2.75, 3.05) is 6.54 Å². The van der Waals surface area contributed by atoms with Gasteiger partial charge in [-0.05, 0) is 23.3 Å². The molecule has 0 aromatic heterocycles. The molecule has 2 rings (SSSR count). The quantitative estimate of drug-likeness (QED) is 0.601. The van der Waals surface area contributed by atoms with Gasteiger partial charge in [0, 0.05) is 19.1 Å². The Kier molecular flexibility index (Phi) is 1.83. The van der Waals surface area contributed by atoms with Crippen LogP contribution in [0.25, 0.3) is 0 Å². The van der Waals surface area contributed by atoms with Gasteiger partial charge in [-0.1, -0.05) is 6.07 Å². The first-order valence-electron chi connectivity index (χ1n) is 4.02. The van der Waals surface area contributed by atoms with E-state index in [0.29, 0.717) is 0 Å². The first-order chi connectivity index (χ1) is 5.77. The van der Waals surface area contributed by atoms with Gasteiger partial charge >= 0.3 is 0 Å². The number of fused-ring (bicyclic) bond motifs is 1. The van der Waals surface area contributed by atoms with E-state index in [4.69, 9.17) is 5.73 Å². The zero-order chi connectivity index (χ0) is 8.55. The second kappa shape index (κ2) is 2.84. The predicted octanol–water partition coefficient (Wildman–Crippen LogP) is 0.929. The summed E-state index contributed by atoms with van der Waals surface area (Å²) in [7, 11) is 0. The Balaban J connectivity index is 2.46. The number of hydrogen-bond donors (Lipinski definition) is 2. The minimum absolute atomic E-state index is 0.00866. The Bertz CT molecular complexity index is 299. The number of nitrogens with one attached hydrogen (secondary N) is 1. The Morgan fingerprint density at radius 3 is 3.17 bits per heavy atom. The lowest BCUT2D eigenvalue weighted by Gasteiger charge is -2.22. The highest BCUT2D eigenvalue weighted by Crippen LogP contribution is 2.20. The molecule has 3 heteroatoms. The molecule has 1 aromatic carbocycles. The molecule has 0 saturated carbocycles. The van der Waals surface area contributed by atoms with Crippen LogP contribution < -0.4 is 11.1 Å². The van der Waals surface area contributed by atoms with Crippen LogP contribution in [0, 0.1) is 5.82 Å². The van der Waals surface area contributed by atoms with Crippen molar-refractivity contribution in [3.63, 3.8) is 0 Å². The molecule has 1 aliphatic heterocycles. The largest absolute Gasteiger partial charge is 0.323 e. The summed E-state index contributed by atoms with van der Waals surface area (Å²) >= 11 is 0. The molecule has 1 aromatic rings. The molecule has 12 heavy (non-hydrogen) atoms. The van der Waals surface area contributed by atoms with E-state index in [9.17, 15) is 4.39 Å². The molecule has 0 amide bonds. The van der Waals surface area contributed by atoms with Crippen molar-refractivity contribution in [2.45, 2.75) is 12.6 Å². The van der Waals surface area contributed by atoms with Crippen molar-refractivity contribution >= 4 is 0 Å². The second-order valence-corrected chi connectivity index (χ2v) is 3.08. The van der Waals surface area contributed by atoms with Crippen molar-refractivity contribution in [1.29, 1.82) is 0 Å². The number of halogens is 1. The highest BCUT2D eigenvalue weighted by atomic mass is 19.1. The molecule has 1 atom stereocenters. The lowest BCUT2D eigenvalue weighted by molar-refractivity contribution is 0.546. The first-order valence-corrected chi connectivity index (χ1v) is 4.02. The molecule has 0 saturated heterocycles. The van der Waals surface area contributed by atoms with E-state index < -0.39 is 0 Å². The van der Waals surface area contributed by atoms with Gasteiger partial charge in [0.1, 0.15) is 5.82 Å². The van der Waals surface area contributed by atoms with Crippen LogP contribution in [0.4, 0.5) is 4.39 Å². The Hall–Kier alpha value is -0.930. The average molecular weight is 166 g/mol. The molecule has 1 aliphatic rings. The van der Waals surface area contributed by atoms with Crippen molar-refractivity contribution in [3.8, 4) is 0 Å². The van der Waals surface area contributed by atoms with Gasteiger partial charge in [0.15, 0.2) is 0 Å². The summed E-state index contributed by atoms with van der Waals surface area (Å²) in [5, 5.41) is 3.13. The van der Waals surface area contributed by atoms with Crippen LogP contribution in [0.1, 0.15) is 17.2 Å². The van der Waals surface area contributed by atoms with Gasteiger partial charge in [-0.25, -0.2) is 4.39 Å². The molecular formula is C9H11FN2. The summed E-state index contributed by atoms with van der Waals surface area (Å²) in [6.45, 7) is 1.50. The molecule has 64 valence electrons. The summed E-state index contributed by atoms with van der Waals surface area (Å²) in [5.41, 5.74) is 7.86. The summed E-state index contributed by atoms with van der Waals surface area (Å²) in [5.74, 6) is -0.190. The third kappa shape index (κ3) is 1.21. The van der Waals surface area contributed by atoms with E-state index in [1.165, 1.54) is 6.07 Å². The molecule has 2 nitrogen and oxygen atoms in total. The standard InChI is InChI=1S/C9H11FN2/c10-7-1-2-8-6(3-7)4-12-5-9(8)11/h1-3,9,12H,4-5,11H2. The third-order valence-corrected chi connectivity index (χ3v) is 2.18. The molecule has 0 bridgehead atoms. The smallest absolute Gasteiger partial charge is 0.123 e. The summed E-state index contributed by atoms with van der Waals surface area (Å²) < 4.78 is 12.8. The van der Waals surface area contributed by atoms with Crippen LogP contribution in [0.3, 0.4) is 0 Å². The average Bonchev–Trinajstić information content (AvgIpc) is 2.04. The molecule has 0 radical (unpaired) electrons. The number of rotatable bonds is 0. The van der Waals surface area contributed by atoms with Gasteiger partial charge in [0.05, 0.1) is 0 Å². The fraction of sp³-hybridized carbons (Fsp3) is 0.333. The third-order valence-electron chi connectivity index (χ3n) is 2.18. The van der Waals surface area contributed by atoms with Crippen molar-refractivity contribution < 1.29 is 4.39 Å².